The summed E-state index contributed by atoms with van der Waals surface area (Å²) < 4.78 is 0. The number of aryl methyl sites for hydroxylation is 1. The second-order valence-electron chi connectivity index (χ2n) is 7.84. The Bertz CT molecular complexity index is 861. The van der Waals surface area contributed by atoms with Gasteiger partial charge >= 0.3 is 6.03 Å². The third-order valence-electron chi connectivity index (χ3n) is 5.82. The number of anilines is 2. The highest BCUT2D eigenvalue weighted by Crippen LogP contribution is 2.31. The number of aliphatic hydroxyl groups is 1. The van der Waals surface area contributed by atoms with Crippen LogP contribution in [0, 0.1) is 6.92 Å². The highest BCUT2D eigenvalue weighted by molar-refractivity contribution is 5.90. The van der Waals surface area contributed by atoms with Crippen LogP contribution < -0.4 is 15.5 Å². The number of likely N-dealkylation sites (N-methyl/N-ethyl adjacent to an activating group) is 1. The van der Waals surface area contributed by atoms with E-state index in [2.05, 4.69) is 39.6 Å². The van der Waals surface area contributed by atoms with Gasteiger partial charge in [-0.2, -0.15) is 0 Å². The summed E-state index contributed by atoms with van der Waals surface area (Å²) >= 11 is 0. The SMILES string of the molecule is Cc1cc(N2CCN(C)CC2)ccc1NC(=O)N[C@@H]1c2ccccc2C[C@@H]1O. The van der Waals surface area contributed by atoms with Crippen molar-refractivity contribution in [2.45, 2.75) is 25.5 Å². The van der Waals surface area contributed by atoms with Gasteiger partial charge in [0, 0.05) is 44.0 Å². The predicted molar refractivity (Wildman–Crippen MR) is 112 cm³/mol. The molecule has 28 heavy (non-hydrogen) atoms. The molecule has 4 rings (SSSR count). The Kier molecular flexibility index (Phi) is 5.24. The number of urea groups is 1. The molecule has 0 bridgehead atoms. The molecule has 2 aromatic rings. The van der Waals surface area contributed by atoms with Gasteiger partial charge in [0.1, 0.15) is 0 Å². The van der Waals surface area contributed by atoms with Crippen molar-refractivity contribution >= 4 is 17.4 Å². The summed E-state index contributed by atoms with van der Waals surface area (Å²) in [4.78, 5) is 17.3. The van der Waals surface area contributed by atoms with Gasteiger partial charge < -0.3 is 25.5 Å². The third kappa shape index (κ3) is 3.84. The Morgan fingerprint density at radius 2 is 1.86 bits per heavy atom. The van der Waals surface area contributed by atoms with Crippen LogP contribution in [0.25, 0.3) is 0 Å². The smallest absolute Gasteiger partial charge is 0.319 e. The van der Waals surface area contributed by atoms with Gasteiger partial charge in [-0.15, -0.1) is 0 Å². The molecule has 0 aromatic heterocycles. The van der Waals surface area contributed by atoms with E-state index in [4.69, 9.17) is 0 Å². The zero-order chi connectivity index (χ0) is 19.7. The van der Waals surface area contributed by atoms with Crippen LogP contribution >= 0.6 is 0 Å². The first-order valence-electron chi connectivity index (χ1n) is 9.89. The largest absolute Gasteiger partial charge is 0.390 e. The Morgan fingerprint density at radius 1 is 1.11 bits per heavy atom. The van der Waals surface area contributed by atoms with Crippen molar-refractivity contribution in [1.29, 1.82) is 0 Å². The molecular formula is C22H28N4O2. The van der Waals surface area contributed by atoms with Gasteiger partial charge in [-0.1, -0.05) is 24.3 Å². The van der Waals surface area contributed by atoms with Crippen molar-refractivity contribution in [3.8, 4) is 0 Å². The number of fused-ring (bicyclic) bond motifs is 1. The molecule has 0 unspecified atom stereocenters. The maximum Gasteiger partial charge on any atom is 0.319 e. The first-order valence-corrected chi connectivity index (χ1v) is 9.89. The minimum absolute atomic E-state index is 0.295. The van der Waals surface area contributed by atoms with E-state index in [0.29, 0.717) is 6.42 Å². The molecule has 6 nitrogen and oxygen atoms in total. The molecule has 1 saturated heterocycles. The van der Waals surface area contributed by atoms with Crippen LogP contribution in [0.3, 0.4) is 0 Å². The first-order chi connectivity index (χ1) is 13.5. The van der Waals surface area contributed by atoms with E-state index in [0.717, 1.165) is 48.6 Å². The maximum absolute atomic E-state index is 12.5. The molecule has 0 spiro atoms. The molecule has 2 aromatic carbocycles. The quantitative estimate of drug-likeness (QED) is 0.766. The fourth-order valence-electron chi connectivity index (χ4n) is 4.10. The van der Waals surface area contributed by atoms with E-state index in [-0.39, 0.29) is 12.1 Å². The molecule has 3 N–H and O–H groups in total. The van der Waals surface area contributed by atoms with Crippen molar-refractivity contribution in [1.82, 2.24) is 10.2 Å². The number of carbonyl (C=O) groups is 1. The van der Waals surface area contributed by atoms with E-state index in [9.17, 15) is 9.90 Å². The molecule has 2 amide bonds. The Hall–Kier alpha value is -2.57. The minimum Gasteiger partial charge on any atom is -0.390 e. The zero-order valence-electron chi connectivity index (χ0n) is 16.5. The van der Waals surface area contributed by atoms with Crippen LogP contribution in [0.4, 0.5) is 16.2 Å². The van der Waals surface area contributed by atoms with E-state index in [1.54, 1.807) is 0 Å². The molecule has 2 aliphatic rings. The topological polar surface area (TPSA) is 67.8 Å². The molecule has 1 aliphatic heterocycles. The minimum atomic E-state index is -0.594. The number of rotatable bonds is 3. The Labute approximate surface area is 166 Å². The highest BCUT2D eigenvalue weighted by atomic mass is 16.3. The number of nitrogens with zero attached hydrogens (tertiary/aromatic N) is 2. The fraction of sp³-hybridized carbons (Fsp3) is 0.409. The molecule has 0 saturated carbocycles. The van der Waals surface area contributed by atoms with E-state index >= 15 is 0 Å². The number of hydrogen-bond acceptors (Lipinski definition) is 4. The molecule has 1 heterocycles. The molecular weight excluding hydrogens is 352 g/mol. The van der Waals surface area contributed by atoms with Crippen molar-refractivity contribution in [3.63, 3.8) is 0 Å². The number of carbonyl (C=O) groups excluding carboxylic acids is 1. The lowest BCUT2D eigenvalue weighted by Gasteiger charge is -2.34. The predicted octanol–water partition coefficient (Wildman–Crippen LogP) is 2.53. The monoisotopic (exact) mass is 380 g/mol. The molecule has 2 atom stereocenters. The van der Waals surface area contributed by atoms with Crippen molar-refractivity contribution in [3.05, 3.63) is 59.2 Å². The average molecular weight is 380 g/mol. The van der Waals surface area contributed by atoms with E-state index in [1.807, 2.05) is 37.3 Å². The van der Waals surface area contributed by atoms with Crippen LogP contribution in [0.15, 0.2) is 42.5 Å². The van der Waals surface area contributed by atoms with E-state index in [1.165, 1.54) is 5.69 Å². The summed E-state index contributed by atoms with van der Waals surface area (Å²) in [6, 6.07) is 13.3. The van der Waals surface area contributed by atoms with Crippen molar-refractivity contribution in [2.24, 2.45) is 0 Å². The first kappa shape index (κ1) is 18.8. The van der Waals surface area contributed by atoms with Crippen molar-refractivity contribution in [2.75, 3.05) is 43.4 Å². The molecule has 0 radical (unpaired) electrons. The lowest BCUT2D eigenvalue weighted by atomic mass is 10.1. The third-order valence-corrected chi connectivity index (χ3v) is 5.82. The van der Waals surface area contributed by atoms with Gasteiger partial charge in [-0.25, -0.2) is 4.79 Å². The number of hydrogen-bond donors (Lipinski definition) is 3. The van der Waals surface area contributed by atoms with Crippen LogP contribution in [-0.2, 0) is 6.42 Å². The lowest BCUT2D eigenvalue weighted by molar-refractivity contribution is 0.144. The number of aliphatic hydroxyl groups excluding tert-OH is 1. The number of benzene rings is 2. The van der Waals surface area contributed by atoms with Gasteiger partial charge in [0.2, 0.25) is 0 Å². The Balaban J connectivity index is 1.41. The summed E-state index contributed by atoms with van der Waals surface area (Å²) in [5, 5.41) is 16.2. The molecule has 1 aliphatic carbocycles. The normalized spacial score (nSPS) is 22.0. The summed E-state index contributed by atoms with van der Waals surface area (Å²) in [6.07, 6.45) is -0.0243. The maximum atomic E-state index is 12.5. The number of amides is 2. The summed E-state index contributed by atoms with van der Waals surface area (Å²) in [7, 11) is 2.15. The van der Waals surface area contributed by atoms with Crippen molar-refractivity contribution < 1.29 is 9.90 Å². The molecule has 6 heteroatoms. The molecule has 148 valence electrons. The van der Waals surface area contributed by atoms with E-state index < -0.39 is 6.10 Å². The number of nitrogens with one attached hydrogen (secondary N) is 2. The van der Waals surface area contributed by atoms with Gasteiger partial charge in [0.15, 0.2) is 0 Å². The fourth-order valence-corrected chi connectivity index (χ4v) is 4.10. The van der Waals surface area contributed by atoms with Crippen LogP contribution in [0.1, 0.15) is 22.7 Å². The highest BCUT2D eigenvalue weighted by Gasteiger charge is 2.31. The van der Waals surface area contributed by atoms with Crippen LogP contribution in [0.2, 0.25) is 0 Å². The van der Waals surface area contributed by atoms with Crippen LogP contribution in [0.5, 0.6) is 0 Å². The summed E-state index contributed by atoms with van der Waals surface area (Å²) in [5.41, 5.74) is 5.09. The van der Waals surface area contributed by atoms with Gasteiger partial charge in [-0.05, 0) is 48.9 Å². The summed E-state index contributed by atoms with van der Waals surface area (Å²) in [6.45, 7) is 6.17. The zero-order valence-corrected chi connectivity index (χ0v) is 16.5. The lowest BCUT2D eigenvalue weighted by Crippen LogP contribution is -2.44. The second-order valence-corrected chi connectivity index (χ2v) is 7.84. The standard InChI is InChI=1S/C22H28N4O2/c1-15-13-17(26-11-9-25(2)10-12-26)7-8-19(15)23-22(28)24-21-18-6-4-3-5-16(18)14-20(21)27/h3-8,13,20-21,27H,9-12,14H2,1-2H3,(H2,23,24,28)/t20-,21+/m0/s1. The summed E-state index contributed by atoms with van der Waals surface area (Å²) in [5.74, 6) is 0. The van der Waals surface area contributed by atoms with Gasteiger partial charge in [-0.3, -0.25) is 0 Å². The van der Waals surface area contributed by atoms with Gasteiger partial charge in [0.05, 0.1) is 12.1 Å². The Morgan fingerprint density at radius 3 is 2.61 bits per heavy atom. The average Bonchev–Trinajstić information content (AvgIpc) is 2.99. The number of piperazine rings is 1. The van der Waals surface area contributed by atoms with Crippen LogP contribution in [-0.4, -0.2) is 55.4 Å². The molecule has 1 fully saturated rings. The second kappa shape index (κ2) is 7.81. The van der Waals surface area contributed by atoms with Gasteiger partial charge in [0.25, 0.3) is 0 Å².